The third kappa shape index (κ3) is 2.96. The van der Waals surface area contributed by atoms with Gasteiger partial charge in [-0.05, 0) is 24.3 Å². The van der Waals surface area contributed by atoms with Gasteiger partial charge in [0.05, 0.1) is 6.61 Å². The van der Waals surface area contributed by atoms with Gasteiger partial charge in [0.15, 0.2) is 0 Å². The molecule has 1 aromatic carbocycles. The Morgan fingerprint density at radius 1 is 1.00 bits per heavy atom. The summed E-state index contributed by atoms with van der Waals surface area (Å²) in [6.07, 6.45) is -6.58. The number of ether oxygens (including phenoxy) is 2. The zero-order valence-electron chi connectivity index (χ0n) is 9.96. The van der Waals surface area contributed by atoms with Crippen LogP contribution in [0.4, 0.5) is 0 Å². The molecule has 1 aliphatic heterocycles. The van der Waals surface area contributed by atoms with Crippen molar-refractivity contribution in [2.24, 2.45) is 0 Å². The van der Waals surface area contributed by atoms with Crippen molar-refractivity contribution in [2.75, 3.05) is 6.61 Å². The summed E-state index contributed by atoms with van der Waals surface area (Å²) in [7, 11) is 0. The molecule has 2 rings (SSSR count). The molecule has 1 aliphatic rings. The zero-order valence-corrected chi connectivity index (χ0v) is 9.96. The van der Waals surface area contributed by atoms with Gasteiger partial charge in [0, 0.05) is 0 Å². The van der Waals surface area contributed by atoms with E-state index in [-0.39, 0.29) is 5.75 Å². The lowest BCUT2D eigenvalue weighted by molar-refractivity contribution is -0.277. The summed E-state index contributed by atoms with van der Waals surface area (Å²) in [5.41, 5.74) is 0. The van der Waals surface area contributed by atoms with E-state index >= 15 is 0 Å². The van der Waals surface area contributed by atoms with Crippen molar-refractivity contribution in [2.45, 2.75) is 30.7 Å². The predicted octanol–water partition coefficient (Wildman–Crippen LogP) is -1.43. The first kappa shape index (κ1) is 14.0. The Kier molecular flexibility index (Phi) is 4.23. The van der Waals surface area contributed by atoms with Crippen molar-refractivity contribution >= 4 is 0 Å². The number of hydrogen-bond donors (Lipinski definition) is 5. The number of benzene rings is 1. The number of hydrogen-bond acceptors (Lipinski definition) is 7. The molecule has 19 heavy (non-hydrogen) atoms. The lowest BCUT2D eigenvalue weighted by atomic mass is 9.99. The molecule has 1 aromatic rings. The number of phenols is 1. The Labute approximate surface area is 109 Å². The average Bonchev–Trinajstić information content (AvgIpc) is 2.42. The lowest BCUT2D eigenvalue weighted by Gasteiger charge is -2.39. The minimum absolute atomic E-state index is 0.0566. The SMILES string of the molecule is OC[C@H]1OC(Oc2ccc(O)cc2)[C@H](O)[C@@H](O)[C@@H]1O. The number of phenolic OH excluding ortho intramolecular Hbond substituents is 1. The van der Waals surface area contributed by atoms with Gasteiger partial charge in [-0.15, -0.1) is 0 Å². The van der Waals surface area contributed by atoms with Crippen LogP contribution in [-0.4, -0.2) is 62.8 Å². The van der Waals surface area contributed by atoms with Gasteiger partial charge in [0.1, 0.15) is 35.9 Å². The van der Waals surface area contributed by atoms with E-state index < -0.39 is 37.3 Å². The number of rotatable bonds is 3. The summed E-state index contributed by atoms with van der Waals surface area (Å²) in [6.45, 7) is -0.514. The molecule has 0 spiro atoms. The number of aromatic hydroxyl groups is 1. The molecule has 1 fully saturated rings. The smallest absolute Gasteiger partial charge is 0.229 e. The fraction of sp³-hybridized carbons (Fsp3) is 0.500. The highest BCUT2D eigenvalue weighted by Crippen LogP contribution is 2.25. The van der Waals surface area contributed by atoms with Gasteiger partial charge in [-0.3, -0.25) is 0 Å². The highest BCUT2D eigenvalue weighted by atomic mass is 16.7. The summed E-state index contributed by atoms with van der Waals surface area (Å²) < 4.78 is 10.5. The van der Waals surface area contributed by atoms with Crippen molar-refractivity contribution in [3.8, 4) is 11.5 Å². The van der Waals surface area contributed by atoms with Crippen molar-refractivity contribution in [3.05, 3.63) is 24.3 Å². The van der Waals surface area contributed by atoms with Crippen molar-refractivity contribution in [3.63, 3.8) is 0 Å². The Bertz CT molecular complexity index is 405. The highest BCUT2D eigenvalue weighted by Gasteiger charge is 2.44. The first-order valence-electron chi connectivity index (χ1n) is 5.79. The van der Waals surface area contributed by atoms with Crippen LogP contribution in [0, 0.1) is 0 Å². The van der Waals surface area contributed by atoms with E-state index in [4.69, 9.17) is 19.7 Å². The van der Waals surface area contributed by atoms with Gasteiger partial charge in [-0.1, -0.05) is 0 Å². The second kappa shape index (κ2) is 5.72. The lowest BCUT2D eigenvalue weighted by Crippen LogP contribution is -2.60. The van der Waals surface area contributed by atoms with E-state index in [1.165, 1.54) is 24.3 Å². The summed E-state index contributed by atoms with van der Waals surface area (Å²) >= 11 is 0. The molecule has 5 atom stereocenters. The molecule has 7 heteroatoms. The minimum Gasteiger partial charge on any atom is -0.508 e. The molecule has 0 bridgehead atoms. The second-order valence-corrected chi connectivity index (χ2v) is 4.31. The van der Waals surface area contributed by atoms with Crippen LogP contribution in [0.2, 0.25) is 0 Å². The van der Waals surface area contributed by atoms with E-state index in [1.54, 1.807) is 0 Å². The molecule has 0 amide bonds. The number of aliphatic hydroxyl groups is 4. The van der Waals surface area contributed by atoms with Gasteiger partial charge >= 0.3 is 0 Å². The van der Waals surface area contributed by atoms with E-state index in [0.29, 0.717) is 5.75 Å². The zero-order chi connectivity index (χ0) is 14.0. The van der Waals surface area contributed by atoms with Crippen LogP contribution in [0.1, 0.15) is 0 Å². The van der Waals surface area contributed by atoms with Crippen molar-refractivity contribution in [1.29, 1.82) is 0 Å². The van der Waals surface area contributed by atoms with E-state index in [1.807, 2.05) is 0 Å². The highest BCUT2D eigenvalue weighted by molar-refractivity contribution is 5.30. The fourth-order valence-electron chi connectivity index (χ4n) is 1.82. The molecule has 1 unspecified atom stereocenters. The summed E-state index contributed by atoms with van der Waals surface area (Å²) in [4.78, 5) is 0. The Balaban J connectivity index is 2.08. The third-order valence-corrected chi connectivity index (χ3v) is 2.94. The maximum absolute atomic E-state index is 9.75. The summed E-state index contributed by atoms with van der Waals surface area (Å²) in [5, 5.41) is 47.1. The molecule has 0 aromatic heterocycles. The molecular formula is C12H16O7. The van der Waals surface area contributed by atoms with Crippen LogP contribution in [0.15, 0.2) is 24.3 Å². The molecule has 0 aliphatic carbocycles. The van der Waals surface area contributed by atoms with E-state index in [0.717, 1.165) is 0 Å². The van der Waals surface area contributed by atoms with Crippen molar-refractivity contribution < 1.29 is 35.0 Å². The molecular weight excluding hydrogens is 256 g/mol. The molecule has 5 N–H and O–H groups in total. The Hall–Kier alpha value is -1.38. The van der Waals surface area contributed by atoms with Crippen LogP contribution in [0.5, 0.6) is 11.5 Å². The molecule has 0 saturated carbocycles. The van der Waals surface area contributed by atoms with Crippen LogP contribution in [-0.2, 0) is 4.74 Å². The van der Waals surface area contributed by atoms with Gasteiger partial charge in [-0.2, -0.15) is 0 Å². The largest absolute Gasteiger partial charge is 0.508 e. The second-order valence-electron chi connectivity index (χ2n) is 4.31. The van der Waals surface area contributed by atoms with Crippen molar-refractivity contribution in [1.82, 2.24) is 0 Å². The topological polar surface area (TPSA) is 120 Å². The Morgan fingerprint density at radius 3 is 2.21 bits per heavy atom. The summed E-state index contributed by atoms with van der Waals surface area (Å²) in [5.74, 6) is 0.364. The van der Waals surface area contributed by atoms with E-state index in [2.05, 4.69) is 0 Å². The van der Waals surface area contributed by atoms with Crippen LogP contribution in [0.25, 0.3) is 0 Å². The minimum atomic E-state index is -1.48. The van der Waals surface area contributed by atoms with Gasteiger partial charge in [0.2, 0.25) is 6.29 Å². The molecule has 1 heterocycles. The third-order valence-electron chi connectivity index (χ3n) is 2.94. The number of aliphatic hydroxyl groups excluding tert-OH is 4. The molecule has 106 valence electrons. The predicted molar refractivity (Wildman–Crippen MR) is 62.5 cm³/mol. The maximum Gasteiger partial charge on any atom is 0.229 e. The first-order chi connectivity index (χ1) is 9.02. The fourth-order valence-corrected chi connectivity index (χ4v) is 1.82. The van der Waals surface area contributed by atoms with E-state index in [9.17, 15) is 15.3 Å². The Morgan fingerprint density at radius 2 is 1.63 bits per heavy atom. The average molecular weight is 272 g/mol. The first-order valence-corrected chi connectivity index (χ1v) is 5.79. The van der Waals surface area contributed by atoms with Crippen LogP contribution < -0.4 is 4.74 Å². The van der Waals surface area contributed by atoms with Gasteiger partial charge in [-0.25, -0.2) is 0 Å². The molecule has 7 nitrogen and oxygen atoms in total. The monoisotopic (exact) mass is 272 g/mol. The molecule has 0 radical (unpaired) electrons. The van der Waals surface area contributed by atoms with Gasteiger partial charge < -0.3 is 35.0 Å². The van der Waals surface area contributed by atoms with Gasteiger partial charge in [0.25, 0.3) is 0 Å². The van der Waals surface area contributed by atoms with Crippen LogP contribution >= 0.6 is 0 Å². The van der Waals surface area contributed by atoms with Crippen LogP contribution in [0.3, 0.4) is 0 Å². The standard InChI is InChI=1S/C12H16O7/c13-5-8-9(15)10(16)11(17)12(19-8)18-7-3-1-6(14)2-4-7/h1-4,8-17H,5H2/t8-,9-,10+,11-,12?/m1/s1. The molecule has 1 saturated heterocycles. The maximum atomic E-state index is 9.75. The summed E-state index contributed by atoms with van der Waals surface area (Å²) in [6, 6.07) is 5.69. The normalized spacial score (nSPS) is 35.1. The quantitative estimate of drug-likeness (QED) is 0.457.